The van der Waals surface area contributed by atoms with Gasteiger partial charge >= 0.3 is 5.97 Å². The van der Waals surface area contributed by atoms with E-state index in [4.69, 9.17) is 17.0 Å². The van der Waals surface area contributed by atoms with Crippen molar-refractivity contribution in [3.05, 3.63) is 64.1 Å². The highest BCUT2D eigenvalue weighted by Crippen LogP contribution is 2.19. The minimum Gasteiger partial charge on any atom is -0.423 e. The molecule has 0 unspecified atom stereocenters. The summed E-state index contributed by atoms with van der Waals surface area (Å²) in [5.74, 6) is 0.0649. The summed E-state index contributed by atoms with van der Waals surface area (Å²) in [6.07, 6.45) is 7.80. The first kappa shape index (κ1) is 20.5. The van der Waals surface area contributed by atoms with E-state index in [1.807, 2.05) is 18.2 Å². The van der Waals surface area contributed by atoms with Crippen molar-refractivity contribution >= 4 is 45.4 Å². The minimum absolute atomic E-state index is 0.408. The standard InChI is InChI=1S/C21H22BrN3O2S/c22-19-9-5-4-8-18(19)20(26)27-17-12-10-15(11-13-17)14-23-25-21(28)24-16-6-2-1-3-7-16/h4-5,8-14,16H,1-3,6-7H2,(H2,24,25,28)/b23-14+. The van der Waals surface area contributed by atoms with E-state index in [9.17, 15) is 4.79 Å². The average Bonchev–Trinajstić information content (AvgIpc) is 2.70. The van der Waals surface area contributed by atoms with Crippen LogP contribution in [0.1, 0.15) is 48.0 Å². The molecule has 1 fully saturated rings. The normalized spacial score (nSPS) is 14.6. The van der Waals surface area contributed by atoms with Gasteiger partial charge in [-0.2, -0.15) is 5.10 Å². The Kier molecular flexibility index (Phi) is 7.56. The first-order chi connectivity index (χ1) is 13.6. The minimum atomic E-state index is -0.408. The number of hydrogen-bond donors (Lipinski definition) is 2. The van der Waals surface area contributed by atoms with Gasteiger partial charge in [0.2, 0.25) is 0 Å². The van der Waals surface area contributed by atoms with Crippen molar-refractivity contribution in [2.24, 2.45) is 5.10 Å². The maximum atomic E-state index is 12.2. The van der Waals surface area contributed by atoms with Crippen LogP contribution in [0.3, 0.4) is 0 Å². The summed E-state index contributed by atoms with van der Waals surface area (Å²) >= 11 is 8.63. The molecule has 0 saturated heterocycles. The van der Waals surface area contributed by atoms with Gasteiger partial charge < -0.3 is 10.1 Å². The summed E-state index contributed by atoms with van der Waals surface area (Å²) in [4.78, 5) is 12.2. The van der Waals surface area contributed by atoms with Crippen LogP contribution in [0.4, 0.5) is 0 Å². The van der Waals surface area contributed by atoms with Gasteiger partial charge in [0.05, 0.1) is 11.8 Å². The van der Waals surface area contributed by atoms with Crippen LogP contribution < -0.4 is 15.5 Å². The fraction of sp³-hybridized carbons (Fsp3) is 0.286. The first-order valence-electron chi connectivity index (χ1n) is 9.28. The number of benzene rings is 2. The number of nitrogens with zero attached hydrogens (tertiary/aromatic N) is 1. The molecule has 0 spiro atoms. The quantitative estimate of drug-likeness (QED) is 0.221. The van der Waals surface area contributed by atoms with E-state index in [0.717, 1.165) is 18.4 Å². The lowest BCUT2D eigenvalue weighted by molar-refractivity contribution is 0.0734. The third-order valence-electron chi connectivity index (χ3n) is 4.50. The van der Waals surface area contributed by atoms with Crippen molar-refractivity contribution in [1.82, 2.24) is 10.7 Å². The molecule has 3 rings (SSSR count). The Morgan fingerprint density at radius 1 is 1.11 bits per heavy atom. The Hall–Kier alpha value is -2.25. The number of carbonyl (C=O) groups excluding carboxylic acids is 1. The van der Waals surface area contributed by atoms with Crippen molar-refractivity contribution in [1.29, 1.82) is 0 Å². The first-order valence-corrected chi connectivity index (χ1v) is 10.5. The molecule has 0 atom stereocenters. The highest BCUT2D eigenvalue weighted by Gasteiger charge is 2.13. The van der Waals surface area contributed by atoms with Crippen LogP contribution in [0.15, 0.2) is 58.1 Å². The summed E-state index contributed by atoms with van der Waals surface area (Å²) in [5, 5.41) is 8.01. The number of ether oxygens (including phenoxy) is 1. The van der Waals surface area contributed by atoms with Gasteiger partial charge in [-0.15, -0.1) is 0 Å². The molecule has 1 aliphatic rings. The molecule has 5 nitrogen and oxygen atoms in total. The van der Waals surface area contributed by atoms with Crippen LogP contribution in [-0.4, -0.2) is 23.3 Å². The van der Waals surface area contributed by atoms with Gasteiger partial charge in [0.25, 0.3) is 0 Å². The van der Waals surface area contributed by atoms with E-state index in [1.54, 1.807) is 36.5 Å². The summed E-state index contributed by atoms with van der Waals surface area (Å²) < 4.78 is 6.11. The number of thiocarbonyl (C=S) groups is 1. The van der Waals surface area contributed by atoms with Crippen molar-refractivity contribution in [3.63, 3.8) is 0 Å². The molecule has 1 aliphatic carbocycles. The topological polar surface area (TPSA) is 62.7 Å². The Balaban J connectivity index is 1.48. The van der Waals surface area contributed by atoms with Crippen LogP contribution >= 0.6 is 28.1 Å². The number of hydrazone groups is 1. The second kappa shape index (κ2) is 10.3. The molecule has 0 heterocycles. The highest BCUT2D eigenvalue weighted by atomic mass is 79.9. The zero-order chi connectivity index (χ0) is 19.8. The van der Waals surface area contributed by atoms with Crippen molar-refractivity contribution in [3.8, 4) is 5.75 Å². The van der Waals surface area contributed by atoms with Crippen LogP contribution in [0.2, 0.25) is 0 Å². The lowest BCUT2D eigenvalue weighted by atomic mass is 9.96. The molecule has 0 radical (unpaired) electrons. The maximum Gasteiger partial charge on any atom is 0.344 e. The van der Waals surface area contributed by atoms with E-state index < -0.39 is 5.97 Å². The molecule has 0 aromatic heterocycles. The molecule has 7 heteroatoms. The van der Waals surface area contributed by atoms with E-state index >= 15 is 0 Å². The number of halogens is 1. The molecule has 146 valence electrons. The zero-order valence-electron chi connectivity index (χ0n) is 15.4. The van der Waals surface area contributed by atoms with Gasteiger partial charge in [0.1, 0.15) is 5.75 Å². The molecular weight excluding hydrogens is 438 g/mol. The zero-order valence-corrected chi connectivity index (χ0v) is 17.8. The van der Waals surface area contributed by atoms with Gasteiger partial charge in [-0.1, -0.05) is 31.4 Å². The molecule has 0 aliphatic heterocycles. The fourth-order valence-electron chi connectivity index (χ4n) is 3.04. The third kappa shape index (κ3) is 6.14. The van der Waals surface area contributed by atoms with E-state index in [0.29, 0.717) is 26.9 Å². The number of carbonyl (C=O) groups is 1. The smallest absolute Gasteiger partial charge is 0.344 e. The highest BCUT2D eigenvalue weighted by molar-refractivity contribution is 9.10. The second-order valence-corrected chi connectivity index (χ2v) is 7.88. The summed E-state index contributed by atoms with van der Waals surface area (Å²) in [6, 6.07) is 14.7. The number of rotatable bonds is 5. The van der Waals surface area contributed by atoms with Gasteiger partial charge in [0.15, 0.2) is 5.11 Å². The van der Waals surface area contributed by atoms with Gasteiger partial charge in [-0.05, 0) is 83.0 Å². The van der Waals surface area contributed by atoms with Crippen molar-refractivity contribution in [2.75, 3.05) is 0 Å². The predicted molar refractivity (Wildman–Crippen MR) is 119 cm³/mol. The Labute approximate surface area is 178 Å². The Bertz CT molecular complexity index is 849. The summed E-state index contributed by atoms with van der Waals surface area (Å²) in [5.41, 5.74) is 4.20. The largest absolute Gasteiger partial charge is 0.423 e. The van der Waals surface area contributed by atoms with E-state index in [2.05, 4.69) is 31.8 Å². The molecule has 28 heavy (non-hydrogen) atoms. The summed E-state index contributed by atoms with van der Waals surface area (Å²) in [7, 11) is 0. The van der Waals surface area contributed by atoms with Gasteiger partial charge in [0, 0.05) is 10.5 Å². The molecule has 2 N–H and O–H groups in total. The maximum absolute atomic E-state index is 12.2. The van der Waals surface area contributed by atoms with Crippen molar-refractivity contribution in [2.45, 2.75) is 38.1 Å². The van der Waals surface area contributed by atoms with E-state index in [1.165, 1.54) is 19.3 Å². The van der Waals surface area contributed by atoms with Gasteiger partial charge in [-0.25, -0.2) is 4.79 Å². The van der Waals surface area contributed by atoms with Crippen LogP contribution in [0, 0.1) is 0 Å². The number of nitrogens with one attached hydrogen (secondary N) is 2. The molecule has 2 aromatic rings. The Morgan fingerprint density at radius 3 is 2.54 bits per heavy atom. The fourth-order valence-corrected chi connectivity index (χ4v) is 3.71. The van der Waals surface area contributed by atoms with Crippen LogP contribution in [0.5, 0.6) is 5.75 Å². The molecule has 2 aromatic carbocycles. The van der Waals surface area contributed by atoms with Crippen LogP contribution in [0.25, 0.3) is 0 Å². The lowest BCUT2D eigenvalue weighted by Gasteiger charge is -2.23. The van der Waals surface area contributed by atoms with Gasteiger partial charge in [-0.3, -0.25) is 5.43 Å². The van der Waals surface area contributed by atoms with Crippen LogP contribution in [-0.2, 0) is 0 Å². The molecule has 0 amide bonds. The average molecular weight is 460 g/mol. The number of esters is 1. The monoisotopic (exact) mass is 459 g/mol. The lowest BCUT2D eigenvalue weighted by Crippen LogP contribution is -2.40. The number of hydrogen-bond acceptors (Lipinski definition) is 4. The predicted octanol–water partition coefficient (Wildman–Crippen LogP) is 4.80. The molecule has 1 saturated carbocycles. The Morgan fingerprint density at radius 2 is 1.82 bits per heavy atom. The van der Waals surface area contributed by atoms with E-state index in [-0.39, 0.29) is 0 Å². The molecular formula is C21H22BrN3O2S. The van der Waals surface area contributed by atoms with Crippen molar-refractivity contribution < 1.29 is 9.53 Å². The molecule has 0 bridgehead atoms. The third-order valence-corrected chi connectivity index (χ3v) is 5.41. The SMILES string of the molecule is O=C(Oc1ccc(/C=N/NC(=S)NC2CCCCC2)cc1)c1ccccc1Br. The second-order valence-electron chi connectivity index (χ2n) is 6.62. The summed E-state index contributed by atoms with van der Waals surface area (Å²) in [6.45, 7) is 0.